The molecule has 186 valence electrons. The van der Waals surface area contributed by atoms with Crippen molar-refractivity contribution in [3.63, 3.8) is 0 Å². The summed E-state index contributed by atoms with van der Waals surface area (Å²) in [5.41, 5.74) is 7.86. The molecule has 0 aliphatic rings. The topological polar surface area (TPSA) is 128 Å². The predicted octanol–water partition coefficient (Wildman–Crippen LogP) is 2.58. The number of benzene rings is 1. The van der Waals surface area contributed by atoms with Crippen molar-refractivity contribution < 1.29 is 8.42 Å². The Morgan fingerprint density at radius 3 is 2.66 bits per heavy atom. The van der Waals surface area contributed by atoms with Gasteiger partial charge >= 0.3 is 0 Å². The maximum Gasteiger partial charge on any atom is 0.260 e. The van der Waals surface area contributed by atoms with Gasteiger partial charge < -0.3 is 15.6 Å². The number of nitrogens with two attached hydrogens (primary N) is 1. The minimum Gasteiger partial charge on any atom is -0.382 e. The minimum atomic E-state index is -3.52. The Labute approximate surface area is 208 Å². The first-order valence-electron chi connectivity index (χ1n) is 11.1. The van der Waals surface area contributed by atoms with Crippen molar-refractivity contribution in [2.45, 2.75) is 32.5 Å². The molecule has 1 aromatic carbocycles. The van der Waals surface area contributed by atoms with Crippen molar-refractivity contribution in [1.29, 1.82) is 0 Å². The summed E-state index contributed by atoms with van der Waals surface area (Å²) in [6.45, 7) is 3.83. The van der Waals surface area contributed by atoms with E-state index in [1.54, 1.807) is 35.1 Å². The van der Waals surface area contributed by atoms with Crippen LogP contribution in [-0.4, -0.2) is 51.7 Å². The molecule has 4 rings (SSSR count). The Kier molecular flexibility index (Phi) is 6.87. The van der Waals surface area contributed by atoms with E-state index in [1.165, 1.54) is 18.7 Å². The van der Waals surface area contributed by atoms with Crippen molar-refractivity contribution in [3.8, 4) is 0 Å². The van der Waals surface area contributed by atoms with Gasteiger partial charge in [0.2, 0.25) is 10.0 Å². The molecule has 10 nitrogen and oxygen atoms in total. The molecular formula is C23H28ClN7O3S. The molecular weight excluding hydrogens is 490 g/mol. The standard InChI is InChI=1S/C23H28ClN7O3S/c1-14(27-15(2)19-21(25)28-31-10-6-9-26-22(19)31)18-13-16-7-5-8-17(24)20(16)23(32)30(18)11-12-35(33,34)29(3)4/h5-10,13-15,27H,11-12H2,1-4H3,(H2,25,28)/t14-,15?/m0/s1. The van der Waals surface area contributed by atoms with E-state index in [4.69, 9.17) is 17.3 Å². The number of rotatable bonds is 8. The van der Waals surface area contributed by atoms with E-state index < -0.39 is 10.0 Å². The third-order valence-electron chi connectivity index (χ3n) is 6.09. The van der Waals surface area contributed by atoms with Crippen molar-refractivity contribution in [2.75, 3.05) is 25.6 Å². The second-order valence-electron chi connectivity index (χ2n) is 8.63. The highest BCUT2D eigenvalue weighted by Gasteiger charge is 2.23. The molecule has 12 heteroatoms. The van der Waals surface area contributed by atoms with E-state index in [-0.39, 0.29) is 29.9 Å². The van der Waals surface area contributed by atoms with Crippen LogP contribution in [0.3, 0.4) is 0 Å². The van der Waals surface area contributed by atoms with Crippen LogP contribution in [0.5, 0.6) is 0 Å². The normalized spacial score (nSPS) is 14.1. The van der Waals surface area contributed by atoms with E-state index in [1.807, 2.05) is 26.0 Å². The molecule has 0 amide bonds. The van der Waals surface area contributed by atoms with Crippen molar-refractivity contribution in [3.05, 3.63) is 69.4 Å². The average Bonchev–Trinajstić information content (AvgIpc) is 3.13. The van der Waals surface area contributed by atoms with Crippen LogP contribution < -0.4 is 16.6 Å². The van der Waals surface area contributed by atoms with Gasteiger partial charge in [0, 0.05) is 50.8 Å². The molecule has 3 heterocycles. The Morgan fingerprint density at radius 2 is 1.94 bits per heavy atom. The van der Waals surface area contributed by atoms with Gasteiger partial charge in [-0.3, -0.25) is 4.79 Å². The van der Waals surface area contributed by atoms with Gasteiger partial charge in [-0.25, -0.2) is 22.2 Å². The maximum absolute atomic E-state index is 13.5. The number of halogens is 1. The number of nitrogens with zero attached hydrogens (tertiary/aromatic N) is 5. The number of sulfonamides is 1. The van der Waals surface area contributed by atoms with Gasteiger partial charge in [-0.05, 0) is 37.4 Å². The first-order valence-corrected chi connectivity index (χ1v) is 13.1. The zero-order valence-corrected chi connectivity index (χ0v) is 21.5. The van der Waals surface area contributed by atoms with Gasteiger partial charge in [0.15, 0.2) is 11.5 Å². The van der Waals surface area contributed by atoms with Crippen LogP contribution >= 0.6 is 11.6 Å². The molecule has 0 saturated heterocycles. The molecule has 4 aromatic rings. The van der Waals surface area contributed by atoms with E-state index in [0.717, 1.165) is 9.87 Å². The quantitative estimate of drug-likeness (QED) is 0.367. The fourth-order valence-electron chi connectivity index (χ4n) is 4.24. The number of hydrogen-bond donors (Lipinski definition) is 2. The zero-order chi connectivity index (χ0) is 25.5. The summed E-state index contributed by atoms with van der Waals surface area (Å²) in [5, 5.41) is 9.16. The number of nitrogens with one attached hydrogen (secondary N) is 1. The molecule has 3 aromatic heterocycles. The molecule has 0 spiro atoms. The summed E-state index contributed by atoms with van der Waals surface area (Å²) in [7, 11) is -0.585. The first kappa shape index (κ1) is 25.1. The highest BCUT2D eigenvalue weighted by molar-refractivity contribution is 7.89. The van der Waals surface area contributed by atoms with Gasteiger partial charge in [0.05, 0.1) is 21.7 Å². The molecule has 0 radical (unpaired) electrons. The van der Waals surface area contributed by atoms with Crippen molar-refractivity contribution in [2.24, 2.45) is 0 Å². The fourth-order valence-corrected chi connectivity index (χ4v) is 5.28. The van der Waals surface area contributed by atoms with Crippen molar-refractivity contribution >= 4 is 43.9 Å². The predicted molar refractivity (Wildman–Crippen MR) is 138 cm³/mol. The maximum atomic E-state index is 13.5. The Hall–Kier alpha value is -2.99. The summed E-state index contributed by atoms with van der Waals surface area (Å²) in [4.78, 5) is 17.9. The third-order valence-corrected chi connectivity index (χ3v) is 8.21. The molecule has 0 bridgehead atoms. The van der Waals surface area contributed by atoms with E-state index >= 15 is 0 Å². The Morgan fingerprint density at radius 1 is 1.20 bits per heavy atom. The van der Waals surface area contributed by atoms with Crippen LogP contribution in [0.25, 0.3) is 16.4 Å². The fraction of sp³-hybridized carbons (Fsp3) is 0.348. The van der Waals surface area contributed by atoms with Gasteiger partial charge in [0.25, 0.3) is 5.56 Å². The van der Waals surface area contributed by atoms with Gasteiger partial charge in [-0.15, -0.1) is 5.10 Å². The Balaban J connectivity index is 1.76. The van der Waals surface area contributed by atoms with Gasteiger partial charge in [0.1, 0.15) is 0 Å². The van der Waals surface area contributed by atoms with E-state index in [0.29, 0.717) is 33.0 Å². The van der Waals surface area contributed by atoms with E-state index in [2.05, 4.69) is 15.4 Å². The second kappa shape index (κ2) is 9.57. The smallest absolute Gasteiger partial charge is 0.260 e. The van der Waals surface area contributed by atoms with Crippen molar-refractivity contribution in [1.82, 2.24) is 28.8 Å². The summed E-state index contributed by atoms with van der Waals surface area (Å²) in [6.07, 6.45) is 3.44. The molecule has 1 unspecified atom stereocenters. The lowest BCUT2D eigenvalue weighted by Gasteiger charge is -2.24. The highest BCUT2D eigenvalue weighted by atomic mass is 35.5. The summed E-state index contributed by atoms with van der Waals surface area (Å²) in [5.74, 6) is 0.131. The van der Waals surface area contributed by atoms with Crippen LogP contribution in [0.2, 0.25) is 5.02 Å². The second-order valence-corrected chi connectivity index (χ2v) is 11.3. The molecule has 0 aliphatic heterocycles. The number of aromatic nitrogens is 4. The van der Waals surface area contributed by atoms with Crippen LogP contribution in [-0.2, 0) is 16.6 Å². The molecule has 0 aliphatic carbocycles. The number of pyridine rings is 1. The van der Waals surface area contributed by atoms with Crippen LogP contribution in [0.4, 0.5) is 5.82 Å². The molecule has 2 atom stereocenters. The van der Waals surface area contributed by atoms with Gasteiger partial charge in [-0.2, -0.15) is 0 Å². The lowest BCUT2D eigenvalue weighted by atomic mass is 10.1. The van der Waals surface area contributed by atoms with Crippen LogP contribution in [0.15, 0.2) is 47.5 Å². The zero-order valence-electron chi connectivity index (χ0n) is 19.9. The monoisotopic (exact) mass is 517 g/mol. The number of fused-ring (bicyclic) bond motifs is 2. The third kappa shape index (κ3) is 4.76. The number of hydrogen-bond acceptors (Lipinski definition) is 7. The van der Waals surface area contributed by atoms with Gasteiger partial charge in [-0.1, -0.05) is 23.7 Å². The molecule has 35 heavy (non-hydrogen) atoms. The summed E-state index contributed by atoms with van der Waals surface area (Å²) in [6, 6.07) is 8.27. The lowest BCUT2D eigenvalue weighted by molar-refractivity contribution is 0.464. The highest BCUT2D eigenvalue weighted by Crippen LogP contribution is 2.28. The summed E-state index contributed by atoms with van der Waals surface area (Å²) >= 11 is 6.35. The lowest BCUT2D eigenvalue weighted by Crippen LogP contribution is -2.34. The average molecular weight is 518 g/mol. The largest absolute Gasteiger partial charge is 0.382 e. The Bertz CT molecular complexity index is 1560. The summed E-state index contributed by atoms with van der Waals surface area (Å²) < 4.78 is 29.2. The van der Waals surface area contributed by atoms with Crippen LogP contribution in [0.1, 0.15) is 37.2 Å². The van der Waals surface area contributed by atoms with E-state index in [9.17, 15) is 13.2 Å². The molecule has 0 fully saturated rings. The first-order chi connectivity index (χ1) is 16.5. The molecule has 3 N–H and O–H groups in total. The molecule has 0 saturated carbocycles. The SMILES string of the molecule is CC(N[C@@H](C)c1cc2cccc(Cl)c2c(=O)n1CCS(=O)(=O)N(C)C)c1c(N)nn2cccnc12. The van der Waals surface area contributed by atoms with Crippen LogP contribution in [0, 0.1) is 0 Å². The minimum absolute atomic E-state index is 0.0172. The number of nitrogen functional groups attached to an aromatic ring is 1. The number of anilines is 1.